The van der Waals surface area contributed by atoms with Crippen LogP contribution < -0.4 is 15.5 Å². The van der Waals surface area contributed by atoms with E-state index in [1.807, 2.05) is 18.0 Å². The molecule has 3 rings (SSSR count). The molecule has 2 aromatic rings. The lowest BCUT2D eigenvalue weighted by atomic mass is 10.2. The van der Waals surface area contributed by atoms with Gasteiger partial charge >= 0.3 is 0 Å². The molecule has 0 saturated heterocycles. The maximum Gasteiger partial charge on any atom is 0.138 e. The SMILES string of the molecule is CN(CCN)c1cc(N2CCc3ccccc32)ncn1. The van der Waals surface area contributed by atoms with Crippen molar-refractivity contribution in [3.8, 4) is 0 Å². The molecule has 5 nitrogen and oxygen atoms in total. The Kier molecular flexibility index (Phi) is 3.52. The van der Waals surface area contributed by atoms with Gasteiger partial charge in [-0.2, -0.15) is 0 Å². The average molecular weight is 269 g/mol. The molecule has 0 unspecified atom stereocenters. The van der Waals surface area contributed by atoms with Crippen LogP contribution in [0.3, 0.4) is 0 Å². The van der Waals surface area contributed by atoms with Crippen LogP contribution in [0.5, 0.6) is 0 Å². The first kappa shape index (κ1) is 12.9. The lowest BCUT2D eigenvalue weighted by molar-refractivity contribution is 0.860. The Balaban J connectivity index is 1.90. The first-order chi connectivity index (χ1) is 9.79. The molecule has 0 aliphatic carbocycles. The zero-order chi connectivity index (χ0) is 13.9. The van der Waals surface area contributed by atoms with E-state index < -0.39 is 0 Å². The van der Waals surface area contributed by atoms with Crippen LogP contribution in [0, 0.1) is 0 Å². The Morgan fingerprint density at radius 3 is 3.00 bits per heavy atom. The van der Waals surface area contributed by atoms with E-state index in [0.717, 1.165) is 31.1 Å². The zero-order valence-corrected chi connectivity index (χ0v) is 11.7. The van der Waals surface area contributed by atoms with Gasteiger partial charge in [-0.1, -0.05) is 18.2 Å². The maximum atomic E-state index is 5.59. The number of likely N-dealkylation sites (N-methyl/N-ethyl adjacent to an activating group) is 1. The van der Waals surface area contributed by atoms with Gasteiger partial charge in [-0.3, -0.25) is 0 Å². The minimum atomic E-state index is 0.613. The van der Waals surface area contributed by atoms with Gasteiger partial charge in [0.05, 0.1) is 0 Å². The second kappa shape index (κ2) is 5.46. The van der Waals surface area contributed by atoms with E-state index in [0.29, 0.717) is 6.54 Å². The Hall–Kier alpha value is -2.14. The van der Waals surface area contributed by atoms with Crippen molar-refractivity contribution >= 4 is 17.3 Å². The highest BCUT2D eigenvalue weighted by molar-refractivity contribution is 5.68. The molecule has 0 saturated carbocycles. The van der Waals surface area contributed by atoms with Crippen molar-refractivity contribution in [1.82, 2.24) is 9.97 Å². The third-order valence-corrected chi connectivity index (χ3v) is 3.66. The molecule has 0 radical (unpaired) electrons. The Morgan fingerprint density at radius 1 is 1.30 bits per heavy atom. The Labute approximate surface area is 119 Å². The minimum Gasteiger partial charge on any atom is -0.358 e. The predicted octanol–water partition coefficient (Wildman–Crippen LogP) is 1.57. The van der Waals surface area contributed by atoms with Crippen molar-refractivity contribution in [3.05, 3.63) is 42.2 Å². The van der Waals surface area contributed by atoms with Gasteiger partial charge in [-0.05, 0) is 18.1 Å². The monoisotopic (exact) mass is 269 g/mol. The smallest absolute Gasteiger partial charge is 0.138 e. The second-order valence-corrected chi connectivity index (χ2v) is 4.97. The number of nitrogens with zero attached hydrogens (tertiary/aromatic N) is 4. The predicted molar refractivity (Wildman–Crippen MR) is 81.5 cm³/mol. The van der Waals surface area contributed by atoms with Gasteiger partial charge < -0.3 is 15.5 Å². The maximum absolute atomic E-state index is 5.59. The minimum absolute atomic E-state index is 0.613. The largest absolute Gasteiger partial charge is 0.358 e. The molecule has 0 amide bonds. The molecular formula is C15H19N5. The highest BCUT2D eigenvalue weighted by atomic mass is 15.2. The summed E-state index contributed by atoms with van der Waals surface area (Å²) in [6, 6.07) is 10.5. The van der Waals surface area contributed by atoms with Gasteiger partial charge in [0.1, 0.15) is 18.0 Å². The van der Waals surface area contributed by atoms with E-state index in [9.17, 15) is 0 Å². The van der Waals surface area contributed by atoms with Crippen LogP contribution >= 0.6 is 0 Å². The van der Waals surface area contributed by atoms with Crippen molar-refractivity contribution in [2.45, 2.75) is 6.42 Å². The number of hydrogen-bond acceptors (Lipinski definition) is 5. The summed E-state index contributed by atoms with van der Waals surface area (Å²) in [4.78, 5) is 13.0. The molecule has 0 fully saturated rings. The summed E-state index contributed by atoms with van der Waals surface area (Å²) >= 11 is 0. The molecule has 0 bridgehead atoms. The van der Waals surface area contributed by atoms with Crippen LogP contribution in [-0.4, -0.2) is 36.6 Å². The van der Waals surface area contributed by atoms with E-state index >= 15 is 0 Å². The summed E-state index contributed by atoms with van der Waals surface area (Å²) in [6.07, 6.45) is 2.69. The van der Waals surface area contributed by atoms with Crippen molar-refractivity contribution in [2.75, 3.05) is 36.5 Å². The molecule has 2 heterocycles. The number of hydrogen-bond donors (Lipinski definition) is 1. The first-order valence-corrected chi connectivity index (χ1v) is 6.88. The third kappa shape index (κ3) is 2.32. The molecule has 0 spiro atoms. The number of nitrogens with two attached hydrogens (primary N) is 1. The number of aromatic nitrogens is 2. The van der Waals surface area contributed by atoms with E-state index in [2.05, 4.69) is 39.1 Å². The molecule has 2 N–H and O–H groups in total. The van der Waals surface area contributed by atoms with E-state index in [1.165, 1.54) is 11.3 Å². The van der Waals surface area contributed by atoms with Crippen LogP contribution in [0.2, 0.25) is 0 Å². The Bertz CT molecular complexity index is 598. The van der Waals surface area contributed by atoms with Gasteiger partial charge in [-0.15, -0.1) is 0 Å². The van der Waals surface area contributed by atoms with Crippen LogP contribution in [0.25, 0.3) is 0 Å². The van der Waals surface area contributed by atoms with Gasteiger partial charge in [0.15, 0.2) is 0 Å². The fourth-order valence-electron chi connectivity index (χ4n) is 2.58. The molecule has 1 aliphatic rings. The van der Waals surface area contributed by atoms with Crippen LogP contribution in [0.4, 0.5) is 17.3 Å². The van der Waals surface area contributed by atoms with Crippen molar-refractivity contribution in [1.29, 1.82) is 0 Å². The topological polar surface area (TPSA) is 58.3 Å². The van der Waals surface area contributed by atoms with Crippen molar-refractivity contribution < 1.29 is 0 Å². The normalized spacial score (nSPS) is 13.4. The molecule has 104 valence electrons. The molecule has 0 atom stereocenters. The zero-order valence-electron chi connectivity index (χ0n) is 11.7. The lowest BCUT2D eigenvalue weighted by Crippen LogP contribution is -2.26. The molecule has 20 heavy (non-hydrogen) atoms. The van der Waals surface area contributed by atoms with Gasteiger partial charge in [0.2, 0.25) is 0 Å². The Morgan fingerprint density at radius 2 is 2.15 bits per heavy atom. The summed E-state index contributed by atoms with van der Waals surface area (Å²) in [6.45, 7) is 2.37. The van der Waals surface area contributed by atoms with E-state index in [4.69, 9.17) is 5.73 Å². The van der Waals surface area contributed by atoms with Crippen LogP contribution in [0.15, 0.2) is 36.7 Å². The highest BCUT2D eigenvalue weighted by Crippen LogP contribution is 2.33. The lowest BCUT2D eigenvalue weighted by Gasteiger charge is -2.21. The average Bonchev–Trinajstić information content (AvgIpc) is 2.91. The number of rotatable bonds is 4. The highest BCUT2D eigenvalue weighted by Gasteiger charge is 2.21. The molecular weight excluding hydrogens is 250 g/mol. The van der Waals surface area contributed by atoms with Gasteiger partial charge in [0, 0.05) is 38.4 Å². The quantitative estimate of drug-likeness (QED) is 0.913. The summed E-state index contributed by atoms with van der Waals surface area (Å²) in [5, 5.41) is 0. The fraction of sp³-hybridized carbons (Fsp3) is 0.333. The second-order valence-electron chi connectivity index (χ2n) is 4.97. The number of para-hydroxylation sites is 1. The van der Waals surface area contributed by atoms with Crippen LogP contribution in [-0.2, 0) is 6.42 Å². The molecule has 1 aromatic heterocycles. The van der Waals surface area contributed by atoms with Crippen LogP contribution in [0.1, 0.15) is 5.56 Å². The molecule has 1 aromatic carbocycles. The fourth-order valence-corrected chi connectivity index (χ4v) is 2.58. The summed E-state index contributed by atoms with van der Waals surface area (Å²) in [5.74, 6) is 1.86. The standard InChI is InChI=1S/C15H19N5/c1-19(9-7-16)14-10-15(18-11-17-14)20-8-6-12-4-2-3-5-13(12)20/h2-5,10-11H,6-9,16H2,1H3. The number of benzene rings is 1. The molecule has 5 heteroatoms. The summed E-state index contributed by atoms with van der Waals surface area (Å²) in [7, 11) is 2.00. The summed E-state index contributed by atoms with van der Waals surface area (Å²) < 4.78 is 0. The van der Waals surface area contributed by atoms with Crippen molar-refractivity contribution in [3.63, 3.8) is 0 Å². The number of anilines is 3. The molecule has 1 aliphatic heterocycles. The third-order valence-electron chi connectivity index (χ3n) is 3.66. The van der Waals surface area contributed by atoms with Gasteiger partial charge in [-0.25, -0.2) is 9.97 Å². The van der Waals surface area contributed by atoms with E-state index in [-0.39, 0.29) is 0 Å². The van der Waals surface area contributed by atoms with E-state index in [1.54, 1.807) is 6.33 Å². The first-order valence-electron chi connectivity index (χ1n) is 6.88. The summed E-state index contributed by atoms with van der Waals surface area (Å²) in [5.41, 5.74) is 8.22. The van der Waals surface area contributed by atoms with Gasteiger partial charge in [0.25, 0.3) is 0 Å². The van der Waals surface area contributed by atoms with Crippen molar-refractivity contribution in [2.24, 2.45) is 5.73 Å². The number of fused-ring (bicyclic) bond motifs is 1.